The number of fused-ring (bicyclic) bond motifs is 1. The lowest BCUT2D eigenvalue weighted by molar-refractivity contribution is 0.0950. The fourth-order valence-electron chi connectivity index (χ4n) is 4.14. The lowest BCUT2D eigenvalue weighted by Crippen LogP contribution is -2.50. The molecule has 0 radical (unpaired) electrons. The second-order valence-corrected chi connectivity index (χ2v) is 8.81. The number of H-pyrrole nitrogens is 1. The summed E-state index contributed by atoms with van der Waals surface area (Å²) in [5.41, 5.74) is 3.50. The topological polar surface area (TPSA) is 106 Å². The molecule has 10 heteroatoms. The lowest BCUT2D eigenvalue weighted by atomic mass is 10.1. The van der Waals surface area contributed by atoms with Gasteiger partial charge in [-0.05, 0) is 30.2 Å². The normalized spacial score (nSPS) is 13.8. The third-order valence-electron chi connectivity index (χ3n) is 5.97. The summed E-state index contributed by atoms with van der Waals surface area (Å²) < 4.78 is 3.88. The van der Waals surface area contributed by atoms with E-state index >= 15 is 0 Å². The minimum atomic E-state index is -0.349. The van der Waals surface area contributed by atoms with E-state index in [9.17, 15) is 9.59 Å². The first-order valence-electron chi connectivity index (χ1n) is 11.2. The average molecular weight is 476 g/mol. The molecule has 0 spiro atoms. The van der Waals surface area contributed by atoms with Crippen molar-refractivity contribution in [1.82, 2.24) is 24.8 Å². The number of hydrogen-bond acceptors (Lipinski definition) is 6. The maximum absolute atomic E-state index is 12.8. The average Bonchev–Trinajstić information content (AvgIpc) is 3.52. The second-order valence-electron chi connectivity index (χ2n) is 8.06. The largest absolute Gasteiger partial charge is 0.368 e. The minimum Gasteiger partial charge on any atom is -0.368 e. The first kappa shape index (κ1) is 21.9. The van der Waals surface area contributed by atoms with E-state index in [0.717, 1.165) is 46.8 Å². The van der Waals surface area contributed by atoms with E-state index in [1.807, 2.05) is 42.6 Å². The first-order valence-corrected chi connectivity index (χ1v) is 12.0. The molecule has 2 aromatic carbocycles. The van der Waals surface area contributed by atoms with Crippen molar-refractivity contribution in [3.05, 3.63) is 72.1 Å². The highest BCUT2D eigenvalue weighted by Crippen LogP contribution is 2.21. The van der Waals surface area contributed by atoms with Gasteiger partial charge in [0.2, 0.25) is 0 Å². The van der Waals surface area contributed by atoms with Crippen LogP contribution in [-0.4, -0.2) is 64.1 Å². The van der Waals surface area contributed by atoms with Gasteiger partial charge in [-0.3, -0.25) is 10.1 Å². The smallest absolute Gasteiger partial charge is 0.322 e. The number of hydrogen-bond donors (Lipinski definition) is 3. The lowest BCUT2D eigenvalue weighted by Gasteiger charge is -2.35. The third-order valence-corrected chi connectivity index (χ3v) is 6.61. The molecule has 0 unspecified atom stereocenters. The van der Waals surface area contributed by atoms with Crippen molar-refractivity contribution in [1.29, 1.82) is 0 Å². The van der Waals surface area contributed by atoms with Gasteiger partial charge in [-0.15, -0.1) is 5.10 Å². The Hall–Kier alpha value is -3.92. The molecule has 9 nitrogen and oxygen atoms in total. The Kier molecular flexibility index (Phi) is 6.39. The maximum Gasteiger partial charge on any atom is 0.322 e. The van der Waals surface area contributed by atoms with Crippen LogP contribution < -0.4 is 15.5 Å². The van der Waals surface area contributed by atoms with E-state index < -0.39 is 0 Å². The highest BCUT2D eigenvalue weighted by molar-refractivity contribution is 7.10. The van der Waals surface area contributed by atoms with Crippen molar-refractivity contribution < 1.29 is 9.59 Å². The second kappa shape index (κ2) is 9.92. The molecule has 1 aliphatic heterocycles. The molecule has 0 aliphatic carbocycles. The van der Waals surface area contributed by atoms with Crippen molar-refractivity contribution in [2.75, 3.05) is 42.9 Å². The van der Waals surface area contributed by atoms with Gasteiger partial charge in [0.1, 0.15) is 0 Å². The summed E-state index contributed by atoms with van der Waals surface area (Å²) in [7, 11) is 0. The number of carbonyl (C=O) groups is 2. The number of urea groups is 1. The number of aromatic nitrogens is 3. The number of nitrogens with zero attached hydrogens (tertiary/aromatic N) is 4. The van der Waals surface area contributed by atoms with Crippen LogP contribution in [0, 0.1) is 0 Å². The number of para-hydroxylation sites is 2. The summed E-state index contributed by atoms with van der Waals surface area (Å²) >= 11 is 1.00. The molecule has 0 saturated carbocycles. The van der Waals surface area contributed by atoms with Crippen LogP contribution in [0.5, 0.6) is 0 Å². The van der Waals surface area contributed by atoms with Crippen LogP contribution in [0.15, 0.2) is 60.8 Å². The number of aromatic amines is 1. The summed E-state index contributed by atoms with van der Waals surface area (Å²) in [6.07, 6.45) is 2.64. The zero-order chi connectivity index (χ0) is 23.3. The molecular formula is C24H25N7O2S. The number of rotatable bonds is 6. The van der Waals surface area contributed by atoms with Gasteiger partial charge < -0.3 is 20.1 Å². The highest BCUT2D eigenvalue weighted by Gasteiger charge is 2.24. The fraction of sp³-hybridized carbons (Fsp3) is 0.250. The molecule has 34 heavy (non-hydrogen) atoms. The number of benzene rings is 2. The van der Waals surface area contributed by atoms with Crippen LogP contribution in [0.4, 0.5) is 15.5 Å². The van der Waals surface area contributed by atoms with Crippen molar-refractivity contribution in [2.24, 2.45) is 0 Å². The van der Waals surface area contributed by atoms with Gasteiger partial charge in [0.15, 0.2) is 10.7 Å². The zero-order valence-electron chi connectivity index (χ0n) is 18.5. The molecule has 3 amide bonds. The maximum atomic E-state index is 12.8. The van der Waals surface area contributed by atoms with Gasteiger partial charge in [-0.2, -0.15) is 0 Å². The Morgan fingerprint density at radius 1 is 1.00 bits per heavy atom. The SMILES string of the molecule is O=C(NCCc1c[nH]c2ccccc12)c1nnsc1NC(=O)N1CCN(c2ccccc2)CC1. The Balaban J connectivity index is 1.13. The van der Waals surface area contributed by atoms with Gasteiger partial charge in [-0.1, -0.05) is 40.9 Å². The van der Waals surface area contributed by atoms with Crippen LogP contribution in [0.1, 0.15) is 16.1 Å². The standard InChI is InChI=1S/C24H25N7O2S/c32-22(25-11-10-17-16-26-20-9-5-4-8-19(17)20)21-23(34-29-28-21)27-24(33)31-14-12-30(13-15-31)18-6-2-1-3-7-18/h1-9,16,26H,10-15H2,(H,25,32)(H,27,33). The molecule has 2 aromatic heterocycles. The van der Waals surface area contributed by atoms with Crippen molar-refractivity contribution in [2.45, 2.75) is 6.42 Å². The molecular weight excluding hydrogens is 450 g/mol. The highest BCUT2D eigenvalue weighted by atomic mass is 32.1. The van der Waals surface area contributed by atoms with E-state index in [1.54, 1.807) is 4.90 Å². The molecule has 174 valence electrons. The van der Waals surface area contributed by atoms with E-state index in [0.29, 0.717) is 31.1 Å². The number of nitrogens with one attached hydrogen (secondary N) is 3. The van der Waals surface area contributed by atoms with Crippen LogP contribution in [-0.2, 0) is 6.42 Å². The minimum absolute atomic E-state index is 0.139. The van der Waals surface area contributed by atoms with Crippen LogP contribution >= 0.6 is 11.5 Å². The summed E-state index contributed by atoms with van der Waals surface area (Å²) in [4.78, 5) is 32.7. The predicted molar refractivity (Wildman–Crippen MR) is 133 cm³/mol. The molecule has 1 aliphatic rings. The number of piperazine rings is 1. The van der Waals surface area contributed by atoms with Crippen molar-refractivity contribution in [3.63, 3.8) is 0 Å². The summed E-state index contributed by atoms with van der Waals surface area (Å²) in [5.74, 6) is -0.349. The molecule has 0 atom stereocenters. The summed E-state index contributed by atoms with van der Waals surface area (Å²) in [5, 5.41) is 11.2. The van der Waals surface area contributed by atoms with Gasteiger partial charge in [-0.25, -0.2) is 4.79 Å². The summed E-state index contributed by atoms with van der Waals surface area (Å²) in [6, 6.07) is 18.0. The van der Waals surface area contributed by atoms with Gasteiger partial charge in [0.25, 0.3) is 5.91 Å². The van der Waals surface area contributed by atoms with Crippen molar-refractivity contribution in [3.8, 4) is 0 Å². The molecule has 5 rings (SSSR count). The zero-order valence-corrected chi connectivity index (χ0v) is 19.3. The first-order chi connectivity index (χ1) is 16.7. The predicted octanol–water partition coefficient (Wildman–Crippen LogP) is 3.35. The summed E-state index contributed by atoms with van der Waals surface area (Å²) in [6.45, 7) is 3.14. The number of anilines is 2. The Bertz CT molecular complexity index is 1280. The molecule has 3 heterocycles. The van der Waals surface area contributed by atoms with Crippen molar-refractivity contribution >= 4 is 45.1 Å². The van der Waals surface area contributed by atoms with E-state index in [2.05, 4.69) is 48.3 Å². The van der Waals surface area contributed by atoms with Gasteiger partial charge in [0, 0.05) is 67.0 Å². The van der Waals surface area contributed by atoms with Gasteiger partial charge in [0.05, 0.1) is 0 Å². The third kappa shape index (κ3) is 4.72. The Morgan fingerprint density at radius 3 is 2.59 bits per heavy atom. The molecule has 1 fully saturated rings. The molecule has 0 bridgehead atoms. The monoisotopic (exact) mass is 475 g/mol. The fourth-order valence-corrected chi connectivity index (χ4v) is 4.69. The Labute approximate surface area is 200 Å². The van der Waals surface area contributed by atoms with Crippen LogP contribution in [0.2, 0.25) is 0 Å². The van der Waals surface area contributed by atoms with Crippen LogP contribution in [0.25, 0.3) is 10.9 Å². The molecule has 3 N–H and O–H groups in total. The van der Waals surface area contributed by atoms with E-state index in [-0.39, 0.29) is 17.6 Å². The number of amides is 3. The quantitative estimate of drug-likeness (QED) is 0.397. The Morgan fingerprint density at radius 2 is 1.76 bits per heavy atom. The molecule has 1 saturated heterocycles. The molecule has 4 aromatic rings. The number of carbonyl (C=O) groups excluding carboxylic acids is 2. The van der Waals surface area contributed by atoms with Gasteiger partial charge >= 0.3 is 6.03 Å². The van der Waals surface area contributed by atoms with Crippen LogP contribution in [0.3, 0.4) is 0 Å². The van der Waals surface area contributed by atoms with E-state index in [1.165, 1.54) is 0 Å². The van der Waals surface area contributed by atoms with E-state index in [4.69, 9.17) is 0 Å².